The van der Waals surface area contributed by atoms with Gasteiger partial charge in [-0.25, -0.2) is 9.97 Å². The number of nitrogens with two attached hydrogens (primary N) is 1. The van der Waals surface area contributed by atoms with Crippen molar-refractivity contribution in [3.05, 3.63) is 24.3 Å². The Hall–Kier alpha value is -0.530. The quantitative estimate of drug-likeness (QED) is 0.692. The molecule has 1 heterocycles. The van der Waals surface area contributed by atoms with Crippen molar-refractivity contribution in [2.24, 2.45) is 5.73 Å². The standard InChI is InChI=1S/C7H7N3.3ClH/c8-3-1-2-7-4-9-6-10-5-7;;;/h4-6H,3,8H2;3*1H. The van der Waals surface area contributed by atoms with Crippen LogP contribution in [0.1, 0.15) is 5.56 Å². The molecule has 6 heteroatoms. The lowest BCUT2D eigenvalue weighted by Crippen LogP contribution is -1.93. The minimum Gasteiger partial charge on any atom is -0.320 e. The summed E-state index contributed by atoms with van der Waals surface area (Å²) < 4.78 is 0. The van der Waals surface area contributed by atoms with E-state index in [9.17, 15) is 0 Å². The van der Waals surface area contributed by atoms with E-state index in [1.54, 1.807) is 12.4 Å². The zero-order valence-corrected chi connectivity index (χ0v) is 9.09. The molecule has 0 fully saturated rings. The zero-order valence-electron chi connectivity index (χ0n) is 6.64. The van der Waals surface area contributed by atoms with Gasteiger partial charge < -0.3 is 5.73 Å². The Morgan fingerprint density at radius 1 is 1.15 bits per heavy atom. The van der Waals surface area contributed by atoms with Gasteiger partial charge in [-0.05, 0) is 0 Å². The predicted molar refractivity (Wildman–Crippen MR) is 59.7 cm³/mol. The molecular formula is C7H10Cl3N3. The summed E-state index contributed by atoms with van der Waals surface area (Å²) in [6, 6.07) is 0. The van der Waals surface area contributed by atoms with Crippen LogP contribution in [0.15, 0.2) is 18.7 Å². The van der Waals surface area contributed by atoms with E-state index >= 15 is 0 Å². The van der Waals surface area contributed by atoms with Crippen molar-refractivity contribution in [2.45, 2.75) is 0 Å². The van der Waals surface area contributed by atoms with Gasteiger partial charge in [0.25, 0.3) is 0 Å². The number of halogens is 3. The Labute approximate surface area is 95.8 Å². The highest BCUT2D eigenvalue weighted by molar-refractivity contribution is 5.86. The monoisotopic (exact) mass is 241 g/mol. The lowest BCUT2D eigenvalue weighted by molar-refractivity contribution is 1.16. The van der Waals surface area contributed by atoms with Crippen molar-refractivity contribution < 1.29 is 0 Å². The summed E-state index contributed by atoms with van der Waals surface area (Å²) in [5.74, 6) is 5.51. The largest absolute Gasteiger partial charge is 0.320 e. The number of rotatable bonds is 0. The predicted octanol–water partition coefficient (Wildman–Crippen LogP) is 1.05. The van der Waals surface area contributed by atoms with E-state index in [0.29, 0.717) is 6.54 Å². The second-order valence-corrected chi connectivity index (χ2v) is 1.63. The van der Waals surface area contributed by atoms with E-state index in [1.165, 1.54) is 6.33 Å². The Kier molecular flexibility index (Phi) is 16.1. The maximum Gasteiger partial charge on any atom is 0.115 e. The van der Waals surface area contributed by atoms with Crippen LogP contribution in [0.3, 0.4) is 0 Å². The molecule has 3 nitrogen and oxygen atoms in total. The number of nitrogens with zero attached hydrogens (tertiary/aromatic N) is 2. The summed E-state index contributed by atoms with van der Waals surface area (Å²) in [5, 5.41) is 0. The van der Waals surface area contributed by atoms with Crippen molar-refractivity contribution in [1.82, 2.24) is 9.97 Å². The third-order valence-electron chi connectivity index (χ3n) is 0.895. The van der Waals surface area contributed by atoms with Crippen LogP contribution in [0.25, 0.3) is 0 Å². The van der Waals surface area contributed by atoms with E-state index in [4.69, 9.17) is 5.73 Å². The van der Waals surface area contributed by atoms with E-state index < -0.39 is 0 Å². The molecular weight excluding hydrogens is 232 g/mol. The van der Waals surface area contributed by atoms with Crippen molar-refractivity contribution >= 4 is 37.2 Å². The zero-order chi connectivity index (χ0) is 7.23. The molecule has 0 bridgehead atoms. The van der Waals surface area contributed by atoms with Crippen LogP contribution in [-0.4, -0.2) is 16.5 Å². The second-order valence-electron chi connectivity index (χ2n) is 1.63. The molecule has 0 aliphatic carbocycles. The van der Waals surface area contributed by atoms with E-state index in [2.05, 4.69) is 21.8 Å². The second kappa shape index (κ2) is 11.5. The maximum atomic E-state index is 5.16. The van der Waals surface area contributed by atoms with Gasteiger partial charge in [-0.15, -0.1) is 37.2 Å². The summed E-state index contributed by atoms with van der Waals surface area (Å²) in [6.07, 6.45) is 4.76. The van der Waals surface area contributed by atoms with Crippen LogP contribution in [0.4, 0.5) is 0 Å². The molecule has 0 saturated carbocycles. The molecule has 2 N–H and O–H groups in total. The van der Waals surface area contributed by atoms with Gasteiger partial charge in [0.05, 0.1) is 12.1 Å². The minimum atomic E-state index is 0. The summed E-state index contributed by atoms with van der Waals surface area (Å²) in [4.78, 5) is 7.57. The van der Waals surface area contributed by atoms with Crippen LogP contribution in [0, 0.1) is 11.8 Å². The summed E-state index contributed by atoms with van der Waals surface area (Å²) >= 11 is 0. The first-order valence-electron chi connectivity index (χ1n) is 2.87. The fourth-order valence-corrected chi connectivity index (χ4v) is 0.517. The summed E-state index contributed by atoms with van der Waals surface area (Å²) in [5.41, 5.74) is 5.96. The van der Waals surface area contributed by atoms with Crippen LogP contribution in [0.2, 0.25) is 0 Å². The van der Waals surface area contributed by atoms with Gasteiger partial charge >= 0.3 is 0 Å². The van der Waals surface area contributed by atoms with Gasteiger partial charge in [0.2, 0.25) is 0 Å². The van der Waals surface area contributed by atoms with Crippen molar-refractivity contribution in [3.63, 3.8) is 0 Å². The molecule has 0 unspecified atom stereocenters. The molecule has 0 aromatic carbocycles. The fourth-order valence-electron chi connectivity index (χ4n) is 0.517. The third kappa shape index (κ3) is 7.82. The molecule has 0 amide bonds. The normalized spacial score (nSPS) is 6.23. The fraction of sp³-hybridized carbons (Fsp3) is 0.143. The van der Waals surface area contributed by atoms with Crippen LogP contribution in [-0.2, 0) is 0 Å². The Balaban J connectivity index is -0.000000333. The van der Waals surface area contributed by atoms with Gasteiger partial charge in [-0.3, -0.25) is 0 Å². The van der Waals surface area contributed by atoms with Crippen LogP contribution < -0.4 is 5.73 Å². The van der Waals surface area contributed by atoms with Gasteiger partial charge in [-0.2, -0.15) is 0 Å². The van der Waals surface area contributed by atoms with Gasteiger partial charge in [-0.1, -0.05) is 11.8 Å². The van der Waals surface area contributed by atoms with E-state index in [1.807, 2.05) is 0 Å². The Bertz CT molecular complexity index is 255. The highest BCUT2D eigenvalue weighted by Crippen LogP contribution is 1.86. The molecule has 74 valence electrons. The van der Waals surface area contributed by atoms with E-state index in [-0.39, 0.29) is 37.2 Å². The van der Waals surface area contributed by atoms with Crippen LogP contribution in [0.5, 0.6) is 0 Å². The molecule has 0 aliphatic rings. The third-order valence-corrected chi connectivity index (χ3v) is 0.895. The van der Waals surface area contributed by atoms with E-state index in [0.717, 1.165) is 5.56 Å². The average molecular weight is 243 g/mol. The summed E-state index contributed by atoms with van der Waals surface area (Å²) in [7, 11) is 0. The molecule has 1 aromatic heterocycles. The SMILES string of the molecule is Cl.Cl.Cl.NCC#Cc1cncnc1. The van der Waals surface area contributed by atoms with Crippen molar-refractivity contribution in [3.8, 4) is 11.8 Å². The highest BCUT2D eigenvalue weighted by Gasteiger charge is 1.80. The van der Waals surface area contributed by atoms with Gasteiger partial charge in [0, 0.05) is 12.4 Å². The Morgan fingerprint density at radius 2 is 1.69 bits per heavy atom. The Morgan fingerprint density at radius 3 is 2.15 bits per heavy atom. The lowest BCUT2D eigenvalue weighted by atomic mass is 10.3. The lowest BCUT2D eigenvalue weighted by Gasteiger charge is -1.83. The number of hydrogen-bond donors (Lipinski definition) is 1. The van der Waals surface area contributed by atoms with Gasteiger partial charge in [0.1, 0.15) is 6.33 Å². The average Bonchev–Trinajstić information content (AvgIpc) is 2.03. The van der Waals surface area contributed by atoms with Gasteiger partial charge in [0.15, 0.2) is 0 Å². The molecule has 1 rings (SSSR count). The maximum absolute atomic E-state index is 5.16. The molecule has 1 aromatic rings. The summed E-state index contributed by atoms with van der Waals surface area (Å²) in [6.45, 7) is 0.370. The highest BCUT2D eigenvalue weighted by atomic mass is 35.5. The molecule has 0 spiro atoms. The first-order valence-corrected chi connectivity index (χ1v) is 2.87. The van der Waals surface area contributed by atoms with Crippen molar-refractivity contribution in [1.29, 1.82) is 0 Å². The molecule has 0 radical (unpaired) electrons. The molecule has 0 atom stereocenters. The molecule has 0 aliphatic heterocycles. The minimum absolute atomic E-state index is 0. The molecule has 0 saturated heterocycles. The van der Waals surface area contributed by atoms with Crippen LogP contribution >= 0.6 is 37.2 Å². The first-order chi connectivity index (χ1) is 4.93. The van der Waals surface area contributed by atoms with Crippen molar-refractivity contribution in [2.75, 3.05) is 6.54 Å². The number of hydrogen-bond acceptors (Lipinski definition) is 3. The topological polar surface area (TPSA) is 51.8 Å². The first kappa shape index (κ1) is 18.3. The molecule has 13 heavy (non-hydrogen) atoms. The number of aromatic nitrogens is 2. The smallest absolute Gasteiger partial charge is 0.115 e.